The minimum atomic E-state index is -0.381. The Morgan fingerprint density at radius 3 is 2.95 bits per heavy atom. The molecule has 1 N–H and O–H groups in total. The molecule has 0 spiro atoms. The van der Waals surface area contributed by atoms with Crippen LogP contribution in [0.3, 0.4) is 0 Å². The van der Waals surface area contributed by atoms with Gasteiger partial charge in [0.25, 0.3) is 5.91 Å². The highest BCUT2D eigenvalue weighted by atomic mass is 32.1. The van der Waals surface area contributed by atoms with E-state index in [0.717, 1.165) is 4.88 Å². The smallest absolute Gasteiger partial charge is 0.258 e. The van der Waals surface area contributed by atoms with Crippen LogP contribution >= 0.6 is 11.3 Å². The van der Waals surface area contributed by atoms with E-state index in [1.165, 1.54) is 28.4 Å². The molecule has 0 saturated heterocycles. The summed E-state index contributed by atoms with van der Waals surface area (Å²) in [6.45, 7) is 0.0203. The predicted molar refractivity (Wildman–Crippen MR) is 82.0 cm³/mol. The number of halogens is 1. The van der Waals surface area contributed by atoms with Gasteiger partial charge in [-0.25, -0.2) is 4.39 Å². The monoisotopic (exact) mass is 303 g/mol. The van der Waals surface area contributed by atoms with Crippen LogP contribution in [0.1, 0.15) is 21.7 Å². The SMILES string of the molecule is CN(C(=O)c1csc(C#CCCO)c1)c1cccc(F)c1. The molecule has 1 aromatic heterocycles. The molecule has 3 nitrogen and oxygen atoms in total. The Morgan fingerprint density at radius 1 is 1.43 bits per heavy atom. The van der Waals surface area contributed by atoms with Crippen LogP contribution in [0.15, 0.2) is 35.7 Å². The molecule has 0 aliphatic heterocycles. The molecule has 1 aromatic carbocycles. The van der Waals surface area contributed by atoms with Gasteiger partial charge in [0.1, 0.15) is 5.82 Å². The van der Waals surface area contributed by atoms with Crippen LogP contribution in [-0.2, 0) is 0 Å². The largest absolute Gasteiger partial charge is 0.395 e. The number of aliphatic hydroxyl groups excluding tert-OH is 1. The standard InChI is InChI=1S/C16H14FNO2S/c1-18(14-6-4-5-13(17)10-14)16(20)12-9-15(21-11-12)7-2-3-8-19/h4-6,9-11,19H,3,8H2,1H3. The highest BCUT2D eigenvalue weighted by Crippen LogP contribution is 2.20. The van der Waals surface area contributed by atoms with Crippen LogP contribution in [0, 0.1) is 17.7 Å². The molecule has 0 atom stereocenters. The first-order valence-corrected chi connectivity index (χ1v) is 7.21. The third kappa shape index (κ3) is 3.91. The van der Waals surface area contributed by atoms with E-state index in [-0.39, 0.29) is 18.3 Å². The maximum atomic E-state index is 13.2. The van der Waals surface area contributed by atoms with Crippen molar-refractivity contribution in [2.75, 3.05) is 18.6 Å². The van der Waals surface area contributed by atoms with Crippen LogP contribution in [0.2, 0.25) is 0 Å². The number of hydrogen-bond donors (Lipinski definition) is 1. The molecule has 21 heavy (non-hydrogen) atoms. The second kappa shape index (κ2) is 7.02. The molecular formula is C16H14FNO2S. The third-order valence-electron chi connectivity index (χ3n) is 2.79. The first-order chi connectivity index (χ1) is 10.1. The predicted octanol–water partition coefficient (Wildman–Crippen LogP) is 2.90. The number of rotatable bonds is 3. The van der Waals surface area contributed by atoms with Gasteiger partial charge in [0.2, 0.25) is 0 Å². The van der Waals surface area contributed by atoms with Gasteiger partial charge in [0.15, 0.2) is 0 Å². The number of thiophene rings is 1. The summed E-state index contributed by atoms with van der Waals surface area (Å²) < 4.78 is 13.2. The van der Waals surface area contributed by atoms with E-state index < -0.39 is 0 Å². The van der Waals surface area contributed by atoms with E-state index in [4.69, 9.17) is 5.11 Å². The number of nitrogens with zero attached hydrogens (tertiary/aromatic N) is 1. The zero-order valence-corrected chi connectivity index (χ0v) is 12.3. The summed E-state index contributed by atoms with van der Waals surface area (Å²) in [7, 11) is 1.60. The minimum absolute atomic E-state index is 0.0203. The zero-order valence-electron chi connectivity index (χ0n) is 11.5. The summed E-state index contributed by atoms with van der Waals surface area (Å²) in [6, 6.07) is 7.59. The van der Waals surface area contributed by atoms with Gasteiger partial charge >= 0.3 is 0 Å². The Bertz CT molecular complexity index is 700. The van der Waals surface area contributed by atoms with E-state index in [2.05, 4.69) is 11.8 Å². The van der Waals surface area contributed by atoms with Crippen LogP contribution in [-0.4, -0.2) is 24.7 Å². The van der Waals surface area contributed by atoms with Crippen molar-refractivity contribution in [2.45, 2.75) is 6.42 Å². The second-order valence-corrected chi connectivity index (χ2v) is 5.23. The van der Waals surface area contributed by atoms with E-state index in [9.17, 15) is 9.18 Å². The minimum Gasteiger partial charge on any atom is -0.395 e. The molecule has 1 amide bonds. The number of carbonyl (C=O) groups is 1. The quantitative estimate of drug-likeness (QED) is 0.886. The summed E-state index contributed by atoms with van der Waals surface area (Å²) in [6.07, 6.45) is 0.407. The molecule has 0 fully saturated rings. The number of anilines is 1. The van der Waals surface area contributed by atoms with Gasteiger partial charge in [-0.2, -0.15) is 0 Å². The molecule has 2 rings (SSSR count). The Labute approximate surface area is 126 Å². The maximum Gasteiger partial charge on any atom is 0.258 e. The first-order valence-electron chi connectivity index (χ1n) is 6.33. The Balaban J connectivity index is 2.15. The summed E-state index contributed by atoms with van der Waals surface area (Å²) in [4.78, 5) is 14.5. The van der Waals surface area contributed by atoms with Crippen LogP contribution in [0.4, 0.5) is 10.1 Å². The van der Waals surface area contributed by atoms with Gasteiger partial charge in [0, 0.05) is 24.5 Å². The average molecular weight is 303 g/mol. The lowest BCUT2D eigenvalue weighted by Gasteiger charge is -2.16. The van der Waals surface area contributed by atoms with E-state index in [0.29, 0.717) is 17.7 Å². The van der Waals surface area contributed by atoms with Crippen molar-refractivity contribution < 1.29 is 14.3 Å². The van der Waals surface area contributed by atoms with Crippen molar-refractivity contribution in [3.8, 4) is 11.8 Å². The average Bonchev–Trinajstić information content (AvgIpc) is 2.95. The molecule has 0 saturated carbocycles. The van der Waals surface area contributed by atoms with Crippen molar-refractivity contribution in [3.63, 3.8) is 0 Å². The van der Waals surface area contributed by atoms with Gasteiger partial charge in [-0.05, 0) is 24.3 Å². The van der Waals surface area contributed by atoms with Crippen molar-refractivity contribution in [1.82, 2.24) is 0 Å². The number of amides is 1. The van der Waals surface area contributed by atoms with E-state index >= 15 is 0 Å². The normalized spacial score (nSPS) is 9.86. The van der Waals surface area contributed by atoms with Crippen LogP contribution in [0.25, 0.3) is 0 Å². The fraction of sp³-hybridized carbons (Fsp3) is 0.188. The van der Waals surface area contributed by atoms with Crippen LogP contribution in [0.5, 0.6) is 0 Å². The highest BCUT2D eigenvalue weighted by Gasteiger charge is 2.15. The molecule has 1 heterocycles. The van der Waals surface area contributed by atoms with Gasteiger partial charge < -0.3 is 10.0 Å². The fourth-order valence-corrected chi connectivity index (χ4v) is 2.46. The summed E-state index contributed by atoms with van der Waals surface area (Å²) in [5, 5.41) is 10.4. The lowest BCUT2D eigenvalue weighted by Crippen LogP contribution is -2.25. The number of hydrogen-bond acceptors (Lipinski definition) is 3. The van der Waals surface area contributed by atoms with Gasteiger partial charge in [0.05, 0.1) is 17.0 Å². The number of benzene rings is 1. The molecule has 5 heteroatoms. The first kappa shape index (κ1) is 15.2. The third-order valence-corrected chi connectivity index (χ3v) is 3.64. The lowest BCUT2D eigenvalue weighted by molar-refractivity contribution is 0.0993. The summed E-state index contributed by atoms with van der Waals surface area (Å²) in [5.41, 5.74) is 1.01. The molecule has 2 aromatic rings. The van der Waals surface area contributed by atoms with Crippen molar-refractivity contribution in [1.29, 1.82) is 0 Å². The Kier molecular flexibility index (Phi) is 5.09. The van der Waals surface area contributed by atoms with Crippen molar-refractivity contribution in [2.24, 2.45) is 0 Å². The van der Waals surface area contributed by atoms with E-state index in [1.807, 2.05) is 0 Å². The maximum absolute atomic E-state index is 13.2. The number of aliphatic hydroxyl groups is 1. The molecule has 108 valence electrons. The fourth-order valence-electron chi connectivity index (χ4n) is 1.72. The van der Waals surface area contributed by atoms with Gasteiger partial charge in [-0.15, -0.1) is 11.3 Å². The summed E-state index contributed by atoms with van der Waals surface area (Å²) in [5.74, 6) is 5.10. The summed E-state index contributed by atoms with van der Waals surface area (Å²) >= 11 is 1.37. The molecule has 0 bridgehead atoms. The van der Waals surface area contributed by atoms with Crippen LogP contribution < -0.4 is 4.90 Å². The molecule has 0 aliphatic carbocycles. The lowest BCUT2D eigenvalue weighted by atomic mass is 10.2. The second-order valence-electron chi connectivity index (χ2n) is 4.32. The van der Waals surface area contributed by atoms with Crippen molar-refractivity contribution in [3.05, 3.63) is 52.0 Å². The number of carbonyl (C=O) groups excluding carboxylic acids is 1. The topological polar surface area (TPSA) is 40.5 Å². The van der Waals surface area contributed by atoms with E-state index in [1.54, 1.807) is 30.6 Å². The molecule has 0 aliphatic rings. The highest BCUT2D eigenvalue weighted by molar-refractivity contribution is 7.10. The molecule has 0 unspecified atom stereocenters. The zero-order chi connectivity index (χ0) is 15.2. The van der Waals surface area contributed by atoms with Gasteiger partial charge in [-0.1, -0.05) is 17.9 Å². The molecular weight excluding hydrogens is 289 g/mol. The van der Waals surface area contributed by atoms with Crippen molar-refractivity contribution >= 4 is 22.9 Å². The van der Waals surface area contributed by atoms with Gasteiger partial charge in [-0.3, -0.25) is 4.79 Å². The molecule has 0 radical (unpaired) electrons. The Morgan fingerprint density at radius 2 is 2.24 bits per heavy atom. The Hall–Kier alpha value is -2.16.